The lowest BCUT2D eigenvalue weighted by Crippen LogP contribution is -2.22. The number of ketones is 2. The van der Waals surface area contributed by atoms with Crippen molar-refractivity contribution < 1.29 is 24.9 Å². The fraction of sp³-hybridized carbons (Fsp3) is 0.280. The average molecular weight is 406 g/mol. The predicted molar refractivity (Wildman–Crippen MR) is 116 cm³/mol. The molecule has 0 atom stereocenters. The molecule has 0 saturated heterocycles. The number of fused-ring (bicyclic) bond motifs is 2. The van der Waals surface area contributed by atoms with E-state index in [0.717, 1.165) is 18.4 Å². The molecule has 1 aliphatic carbocycles. The Morgan fingerprint density at radius 3 is 2.20 bits per heavy atom. The molecule has 1 aliphatic rings. The number of carbonyl (C=O) groups is 2. The van der Waals surface area contributed by atoms with E-state index in [2.05, 4.69) is 6.08 Å². The molecule has 2 aromatic rings. The third-order valence-electron chi connectivity index (χ3n) is 5.33. The van der Waals surface area contributed by atoms with E-state index in [0.29, 0.717) is 5.56 Å². The van der Waals surface area contributed by atoms with Crippen molar-refractivity contribution in [3.8, 4) is 17.2 Å². The maximum Gasteiger partial charge on any atom is 0.201 e. The lowest BCUT2D eigenvalue weighted by molar-refractivity contribution is 0.0973. The lowest BCUT2D eigenvalue weighted by atomic mass is 9.81. The molecule has 0 radical (unpaired) electrons. The maximum atomic E-state index is 13.0. The maximum absolute atomic E-state index is 13.0. The quantitative estimate of drug-likeness (QED) is 0.511. The highest BCUT2D eigenvalue weighted by atomic mass is 16.3. The fourth-order valence-electron chi connectivity index (χ4n) is 3.73. The average Bonchev–Trinajstić information content (AvgIpc) is 2.64. The Morgan fingerprint density at radius 1 is 0.867 bits per heavy atom. The number of phenolic OH excluding ortho intramolecular Hbond substituents is 3. The first kappa shape index (κ1) is 21.4. The van der Waals surface area contributed by atoms with Gasteiger partial charge >= 0.3 is 0 Å². The lowest BCUT2D eigenvalue weighted by Gasteiger charge is -2.21. The van der Waals surface area contributed by atoms with Crippen molar-refractivity contribution in [1.29, 1.82) is 0 Å². The van der Waals surface area contributed by atoms with Crippen molar-refractivity contribution in [2.45, 2.75) is 47.0 Å². The molecule has 3 N–H and O–H groups in total. The van der Waals surface area contributed by atoms with Crippen LogP contribution in [0.15, 0.2) is 41.5 Å². The SMILES string of the molecule is CC(C)=CCC/C(C)=C/Cc1c(O)cc2c(c1O)C(=O)c1c(O)cc(C)cc1C2=O. The predicted octanol–water partition coefficient (Wildman–Crippen LogP) is 5.12. The van der Waals surface area contributed by atoms with E-state index in [1.165, 1.54) is 23.8 Å². The smallest absolute Gasteiger partial charge is 0.201 e. The minimum Gasteiger partial charge on any atom is -0.507 e. The summed E-state index contributed by atoms with van der Waals surface area (Å²) in [5, 5.41) is 31.5. The van der Waals surface area contributed by atoms with Gasteiger partial charge in [0.1, 0.15) is 17.2 Å². The number of benzene rings is 2. The van der Waals surface area contributed by atoms with E-state index >= 15 is 0 Å². The van der Waals surface area contributed by atoms with Crippen LogP contribution in [-0.2, 0) is 6.42 Å². The van der Waals surface area contributed by atoms with Crippen molar-refractivity contribution in [2.75, 3.05) is 0 Å². The van der Waals surface area contributed by atoms with Crippen LogP contribution in [0.1, 0.15) is 76.6 Å². The zero-order valence-electron chi connectivity index (χ0n) is 17.7. The second-order valence-corrected chi connectivity index (χ2v) is 8.09. The van der Waals surface area contributed by atoms with Gasteiger partial charge in [-0.25, -0.2) is 0 Å². The van der Waals surface area contributed by atoms with E-state index in [9.17, 15) is 24.9 Å². The number of carbonyl (C=O) groups excluding carboxylic acids is 2. The van der Waals surface area contributed by atoms with Gasteiger partial charge in [0.15, 0.2) is 5.78 Å². The van der Waals surface area contributed by atoms with Crippen LogP contribution in [0.25, 0.3) is 0 Å². The summed E-state index contributed by atoms with van der Waals surface area (Å²) < 4.78 is 0. The van der Waals surface area contributed by atoms with Crippen molar-refractivity contribution in [1.82, 2.24) is 0 Å². The summed E-state index contributed by atoms with van der Waals surface area (Å²) in [6.07, 6.45) is 6.00. The zero-order chi connectivity index (χ0) is 22.2. The Morgan fingerprint density at radius 2 is 1.53 bits per heavy atom. The van der Waals surface area contributed by atoms with Crippen molar-refractivity contribution in [3.05, 3.63) is 74.9 Å². The summed E-state index contributed by atoms with van der Waals surface area (Å²) in [5.74, 6) is -2.08. The highest BCUT2D eigenvalue weighted by molar-refractivity contribution is 6.30. The third-order valence-corrected chi connectivity index (χ3v) is 5.33. The van der Waals surface area contributed by atoms with E-state index < -0.39 is 17.3 Å². The van der Waals surface area contributed by atoms with Gasteiger partial charge in [-0.2, -0.15) is 0 Å². The molecule has 0 fully saturated rings. The van der Waals surface area contributed by atoms with Crippen molar-refractivity contribution in [3.63, 3.8) is 0 Å². The monoisotopic (exact) mass is 406 g/mol. The first-order valence-electron chi connectivity index (χ1n) is 9.91. The van der Waals surface area contributed by atoms with Crippen molar-refractivity contribution in [2.24, 2.45) is 0 Å². The minimum atomic E-state index is -0.625. The summed E-state index contributed by atoms with van der Waals surface area (Å²) in [6.45, 7) is 7.75. The molecule has 2 aromatic carbocycles. The van der Waals surface area contributed by atoms with Gasteiger partial charge in [0.25, 0.3) is 0 Å². The molecule has 0 heterocycles. The first-order valence-corrected chi connectivity index (χ1v) is 9.91. The van der Waals surface area contributed by atoms with Crippen LogP contribution >= 0.6 is 0 Å². The molecule has 3 rings (SSSR count). The topological polar surface area (TPSA) is 94.8 Å². The Balaban J connectivity index is 2.01. The summed E-state index contributed by atoms with van der Waals surface area (Å²) in [5.41, 5.74) is 2.89. The number of rotatable bonds is 5. The third kappa shape index (κ3) is 3.88. The van der Waals surface area contributed by atoms with Crippen LogP contribution in [0.4, 0.5) is 0 Å². The molecule has 0 amide bonds. The molecule has 0 unspecified atom stereocenters. The molecular formula is C25H26O5. The number of hydrogen-bond acceptors (Lipinski definition) is 5. The molecule has 0 spiro atoms. The molecule has 0 bridgehead atoms. The summed E-state index contributed by atoms with van der Waals surface area (Å²) in [6, 6.07) is 4.17. The molecule has 0 aromatic heterocycles. The molecule has 0 saturated carbocycles. The van der Waals surface area contributed by atoms with Gasteiger partial charge in [-0.3, -0.25) is 9.59 Å². The number of hydrogen-bond donors (Lipinski definition) is 3. The Bertz CT molecular complexity index is 1120. The molecular weight excluding hydrogens is 380 g/mol. The van der Waals surface area contributed by atoms with E-state index in [1.54, 1.807) is 6.92 Å². The van der Waals surface area contributed by atoms with Gasteiger partial charge < -0.3 is 15.3 Å². The number of aryl methyl sites for hydroxylation is 1. The molecule has 5 nitrogen and oxygen atoms in total. The van der Waals surface area contributed by atoms with Gasteiger partial charge in [0.2, 0.25) is 5.78 Å². The fourth-order valence-corrected chi connectivity index (χ4v) is 3.73. The zero-order valence-corrected chi connectivity index (χ0v) is 17.7. The van der Waals surface area contributed by atoms with E-state index in [-0.39, 0.29) is 45.7 Å². The van der Waals surface area contributed by atoms with Crippen LogP contribution in [-0.4, -0.2) is 26.9 Å². The Hall–Kier alpha value is -3.34. The number of phenols is 3. The van der Waals surface area contributed by atoms with Crippen LogP contribution in [0.3, 0.4) is 0 Å². The molecule has 30 heavy (non-hydrogen) atoms. The first-order chi connectivity index (χ1) is 14.1. The standard InChI is InChI=1S/C25H26O5/c1-13(2)6-5-7-14(3)8-9-16-19(26)12-18-22(24(16)29)25(30)21-17(23(18)28)10-15(4)11-20(21)27/h6,8,10-12,26-27,29H,5,7,9H2,1-4H3/b14-8+. The molecule has 5 heteroatoms. The van der Waals surface area contributed by atoms with Crippen LogP contribution in [0.2, 0.25) is 0 Å². The van der Waals surface area contributed by atoms with Crippen molar-refractivity contribution >= 4 is 11.6 Å². The molecule has 0 aliphatic heterocycles. The van der Waals surface area contributed by atoms with Gasteiger partial charge in [-0.1, -0.05) is 23.3 Å². The summed E-state index contributed by atoms with van der Waals surface area (Å²) >= 11 is 0. The number of aromatic hydroxyl groups is 3. The van der Waals surface area contributed by atoms with Gasteiger partial charge in [-0.05, 0) is 70.7 Å². The number of allylic oxidation sites excluding steroid dienone is 4. The minimum absolute atomic E-state index is 0.0551. The highest BCUT2D eigenvalue weighted by Crippen LogP contribution is 2.42. The van der Waals surface area contributed by atoms with Gasteiger partial charge in [-0.15, -0.1) is 0 Å². The van der Waals surface area contributed by atoms with Crippen LogP contribution in [0, 0.1) is 6.92 Å². The van der Waals surface area contributed by atoms with E-state index in [1.807, 2.05) is 26.8 Å². The normalized spacial score (nSPS) is 13.1. The largest absolute Gasteiger partial charge is 0.507 e. The van der Waals surface area contributed by atoms with Crippen LogP contribution in [0.5, 0.6) is 17.2 Å². The van der Waals surface area contributed by atoms with Gasteiger partial charge in [0, 0.05) is 16.7 Å². The van der Waals surface area contributed by atoms with E-state index in [4.69, 9.17) is 0 Å². The Labute approximate surface area is 176 Å². The highest BCUT2D eigenvalue weighted by Gasteiger charge is 2.36. The summed E-state index contributed by atoms with van der Waals surface area (Å²) in [4.78, 5) is 25.9. The summed E-state index contributed by atoms with van der Waals surface area (Å²) in [7, 11) is 0. The Kier molecular flexibility index (Phi) is 5.83. The molecule has 156 valence electrons. The second-order valence-electron chi connectivity index (χ2n) is 8.09. The van der Waals surface area contributed by atoms with Crippen LogP contribution < -0.4 is 0 Å². The van der Waals surface area contributed by atoms with Gasteiger partial charge in [0.05, 0.1) is 11.1 Å². The second kappa shape index (κ2) is 8.19.